The lowest BCUT2D eigenvalue weighted by Gasteiger charge is -2.18. The van der Waals surface area contributed by atoms with E-state index in [9.17, 15) is 8.42 Å². The van der Waals surface area contributed by atoms with E-state index in [0.717, 1.165) is 16.3 Å². The van der Waals surface area contributed by atoms with Crippen LogP contribution in [0.2, 0.25) is 0 Å². The molecule has 0 saturated carbocycles. The molecule has 0 fully saturated rings. The van der Waals surface area contributed by atoms with Crippen molar-refractivity contribution >= 4 is 21.4 Å². The highest BCUT2D eigenvalue weighted by molar-refractivity contribution is 7.91. The molecule has 1 heterocycles. The van der Waals surface area contributed by atoms with E-state index < -0.39 is 15.6 Å². The number of thiazole rings is 1. The van der Waals surface area contributed by atoms with Crippen molar-refractivity contribution < 1.29 is 8.42 Å². The molecule has 86 valence electrons. The fraction of sp³-hybridized carbons (Fsp3) is 0.625. The normalized spacial score (nSPS) is 13.1. The van der Waals surface area contributed by atoms with Crippen molar-refractivity contribution in [3.8, 4) is 0 Å². The number of aryl methyl sites for hydroxylation is 1. The van der Waals surface area contributed by atoms with E-state index >= 15 is 0 Å². The van der Waals surface area contributed by atoms with E-state index in [1.54, 1.807) is 20.8 Å². The van der Waals surface area contributed by atoms with Gasteiger partial charge in [0.1, 0.15) is 0 Å². The zero-order valence-corrected chi connectivity index (χ0v) is 10.6. The van der Waals surface area contributed by atoms with Crippen molar-refractivity contribution in [2.24, 2.45) is 5.73 Å². The standard InChI is InChI=1S/C8H15N3O2S2/c1-6-10-4-7(14-6)15(12,13)11-5-8(2,3)9/h4,11H,5,9H2,1-3H3. The van der Waals surface area contributed by atoms with Crippen molar-refractivity contribution in [1.82, 2.24) is 9.71 Å². The van der Waals surface area contributed by atoms with E-state index in [-0.39, 0.29) is 10.8 Å². The summed E-state index contributed by atoms with van der Waals surface area (Å²) in [7, 11) is -3.45. The van der Waals surface area contributed by atoms with Crippen LogP contribution in [-0.2, 0) is 10.0 Å². The Morgan fingerprint density at radius 3 is 2.60 bits per heavy atom. The Kier molecular flexibility index (Phi) is 3.49. The second-order valence-electron chi connectivity index (χ2n) is 4.01. The van der Waals surface area contributed by atoms with Crippen LogP contribution in [0.5, 0.6) is 0 Å². The first-order valence-corrected chi connectivity index (χ1v) is 6.72. The maximum Gasteiger partial charge on any atom is 0.251 e. The third-order valence-electron chi connectivity index (χ3n) is 1.58. The van der Waals surface area contributed by atoms with Gasteiger partial charge in [-0.15, -0.1) is 11.3 Å². The summed E-state index contributed by atoms with van der Waals surface area (Å²) in [5.41, 5.74) is 5.12. The molecule has 0 bridgehead atoms. The highest BCUT2D eigenvalue weighted by Crippen LogP contribution is 2.17. The van der Waals surface area contributed by atoms with Gasteiger partial charge in [0.05, 0.1) is 11.2 Å². The lowest BCUT2D eigenvalue weighted by Crippen LogP contribution is -2.44. The summed E-state index contributed by atoms with van der Waals surface area (Å²) < 4.78 is 26.1. The fourth-order valence-corrected chi connectivity index (χ4v) is 3.19. The molecule has 0 spiro atoms. The van der Waals surface area contributed by atoms with Crippen LogP contribution < -0.4 is 10.5 Å². The van der Waals surface area contributed by atoms with Crippen LogP contribution in [0, 0.1) is 6.92 Å². The van der Waals surface area contributed by atoms with Gasteiger partial charge in [-0.1, -0.05) is 0 Å². The maximum absolute atomic E-state index is 11.7. The Hall–Kier alpha value is -0.500. The van der Waals surface area contributed by atoms with Crippen LogP contribution in [0.15, 0.2) is 10.4 Å². The Labute approximate surface area is 93.8 Å². The predicted octanol–water partition coefficient (Wildman–Crippen LogP) is 0.467. The van der Waals surface area contributed by atoms with Gasteiger partial charge < -0.3 is 5.73 Å². The van der Waals surface area contributed by atoms with Crippen molar-refractivity contribution in [3.63, 3.8) is 0 Å². The lowest BCUT2D eigenvalue weighted by molar-refractivity contribution is 0.498. The summed E-state index contributed by atoms with van der Waals surface area (Å²) in [6.45, 7) is 5.48. The number of sulfonamides is 1. The van der Waals surface area contributed by atoms with Crippen molar-refractivity contribution in [2.45, 2.75) is 30.5 Å². The molecule has 0 aromatic carbocycles. The predicted molar refractivity (Wildman–Crippen MR) is 60.3 cm³/mol. The van der Waals surface area contributed by atoms with Gasteiger partial charge in [0, 0.05) is 12.1 Å². The van der Waals surface area contributed by atoms with Gasteiger partial charge in [-0.25, -0.2) is 18.1 Å². The van der Waals surface area contributed by atoms with Gasteiger partial charge in [-0.05, 0) is 20.8 Å². The van der Waals surface area contributed by atoms with Crippen molar-refractivity contribution in [2.75, 3.05) is 6.54 Å². The molecule has 5 nitrogen and oxygen atoms in total. The first kappa shape index (κ1) is 12.6. The summed E-state index contributed by atoms with van der Waals surface area (Å²) >= 11 is 1.14. The van der Waals surface area contributed by atoms with E-state index in [0.29, 0.717) is 0 Å². The molecule has 0 aliphatic heterocycles. The molecule has 1 aromatic heterocycles. The number of hydrogen-bond acceptors (Lipinski definition) is 5. The highest BCUT2D eigenvalue weighted by Gasteiger charge is 2.20. The number of nitrogens with one attached hydrogen (secondary N) is 1. The number of hydrogen-bond donors (Lipinski definition) is 2. The number of nitrogens with zero attached hydrogens (tertiary/aromatic N) is 1. The SMILES string of the molecule is Cc1ncc(S(=O)(=O)NCC(C)(C)N)s1. The molecule has 1 aromatic rings. The van der Waals surface area contributed by atoms with Crippen LogP contribution in [-0.4, -0.2) is 25.5 Å². The molecule has 0 atom stereocenters. The number of rotatable bonds is 4. The molecular weight excluding hydrogens is 234 g/mol. The quantitative estimate of drug-likeness (QED) is 0.812. The summed E-state index contributed by atoms with van der Waals surface area (Å²) in [5.74, 6) is 0. The molecule has 3 N–H and O–H groups in total. The highest BCUT2D eigenvalue weighted by atomic mass is 32.2. The molecule has 0 saturated heterocycles. The summed E-state index contributed by atoms with van der Waals surface area (Å²) in [6.07, 6.45) is 1.35. The Bertz CT molecular complexity index is 431. The molecule has 0 radical (unpaired) electrons. The lowest BCUT2D eigenvalue weighted by atomic mass is 10.1. The monoisotopic (exact) mass is 249 g/mol. The minimum Gasteiger partial charge on any atom is -0.324 e. The molecule has 0 aliphatic rings. The van der Waals surface area contributed by atoms with Gasteiger partial charge in [-0.3, -0.25) is 0 Å². The van der Waals surface area contributed by atoms with Gasteiger partial charge in [0.25, 0.3) is 10.0 Å². The first-order chi connectivity index (χ1) is 6.71. The zero-order chi connectivity index (χ0) is 11.7. The number of aromatic nitrogens is 1. The Balaban J connectivity index is 2.77. The fourth-order valence-electron chi connectivity index (χ4n) is 0.818. The van der Waals surface area contributed by atoms with Crippen LogP contribution in [0.4, 0.5) is 0 Å². The third-order valence-corrected chi connectivity index (χ3v) is 4.36. The molecular formula is C8H15N3O2S2. The summed E-state index contributed by atoms with van der Waals surface area (Å²) in [6, 6.07) is 0. The van der Waals surface area contributed by atoms with E-state index in [1.807, 2.05) is 0 Å². The van der Waals surface area contributed by atoms with E-state index in [2.05, 4.69) is 9.71 Å². The largest absolute Gasteiger partial charge is 0.324 e. The topological polar surface area (TPSA) is 85.1 Å². The molecule has 0 unspecified atom stereocenters. The van der Waals surface area contributed by atoms with Crippen molar-refractivity contribution in [3.05, 3.63) is 11.2 Å². The van der Waals surface area contributed by atoms with Crippen LogP contribution in [0.3, 0.4) is 0 Å². The first-order valence-electron chi connectivity index (χ1n) is 4.42. The minimum absolute atomic E-state index is 0.201. The maximum atomic E-state index is 11.7. The molecule has 15 heavy (non-hydrogen) atoms. The van der Waals surface area contributed by atoms with Crippen molar-refractivity contribution in [1.29, 1.82) is 0 Å². The minimum atomic E-state index is -3.45. The van der Waals surface area contributed by atoms with Gasteiger partial charge in [0.15, 0.2) is 4.21 Å². The molecule has 7 heteroatoms. The zero-order valence-electron chi connectivity index (χ0n) is 8.94. The van der Waals surface area contributed by atoms with E-state index in [4.69, 9.17) is 5.73 Å². The Morgan fingerprint density at radius 1 is 1.60 bits per heavy atom. The average Bonchev–Trinajstić information content (AvgIpc) is 2.48. The molecule has 1 rings (SSSR count). The second kappa shape index (κ2) is 4.17. The molecule has 0 aliphatic carbocycles. The van der Waals surface area contributed by atoms with Crippen LogP contribution in [0.25, 0.3) is 0 Å². The summed E-state index contributed by atoms with van der Waals surface area (Å²) in [4.78, 5) is 3.90. The molecule has 0 amide bonds. The Morgan fingerprint density at radius 2 is 2.20 bits per heavy atom. The van der Waals surface area contributed by atoms with Gasteiger partial charge in [0.2, 0.25) is 0 Å². The van der Waals surface area contributed by atoms with Crippen LogP contribution >= 0.6 is 11.3 Å². The van der Waals surface area contributed by atoms with Gasteiger partial charge in [-0.2, -0.15) is 0 Å². The summed E-state index contributed by atoms with van der Waals surface area (Å²) in [5, 5.41) is 0.724. The average molecular weight is 249 g/mol. The third kappa shape index (κ3) is 3.86. The van der Waals surface area contributed by atoms with E-state index in [1.165, 1.54) is 6.20 Å². The van der Waals surface area contributed by atoms with Crippen LogP contribution in [0.1, 0.15) is 18.9 Å². The smallest absolute Gasteiger partial charge is 0.251 e. The van der Waals surface area contributed by atoms with Gasteiger partial charge >= 0.3 is 0 Å². The number of nitrogens with two attached hydrogens (primary N) is 1. The second-order valence-corrected chi connectivity index (χ2v) is 7.24.